The molecule has 2 atom stereocenters. The summed E-state index contributed by atoms with van der Waals surface area (Å²) in [5.74, 6) is 1.96. The lowest BCUT2D eigenvalue weighted by molar-refractivity contribution is 0.186. The molecule has 20 heavy (non-hydrogen) atoms. The van der Waals surface area contributed by atoms with Crippen molar-refractivity contribution in [2.75, 3.05) is 26.2 Å². The molecule has 0 radical (unpaired) electrons. The highest BCUT2D eigenvalue weighted by molar-refractivity contribution is 4.78. The Balaban J connectivity index is 1.62. The number of likely N-dealkylation sites (tertiary alicyclic amines) is 1. The van der Waals surface area contributed by atoms with E-state index in [0.717, 1.165) is 17.9 Å². The summed E-state index contributed by atoms with van der Waals surface area (Å²) < 4.78 is 0. The highest BCUT2D eigenvalue weighted by Gasteiger charge is 2.21. The number of hydrogen-bond acceptors (Lipinski definition) is 2. The van der Waals surface area contributed by atoms with Gasteiger partial charge in [0.2, 0.25) is 0 Å². The summed E-state index contributed by atoms with van der Waals surface area (Å²) in [6, 6.07) is 0.820. The van der Waals surface area contributed by atoms with Crippen LogP contribution in [0.25, 0.3) is 0 Å². The van der Waals surface area contributed by atoms with Crippen LogP contribution >= 0.6 is 0 Å². The van der Waals surface area contributed by atoms with Crippen molar-refractivity contribution in [3.05, 3.63) is 0 Å². The second-order valence-corrected chi connectivity index (χ2v) is 7.15. The van der Waals surface area contributed by atoms with E-state index >= 15 is 0 Å². The van der Waals surface area contributed by atoms with Gasteiger partial charge >= 0.3 is 0 Å². The summed E-state index contributed by atoms with van der Waals surface area (Å²) in [6.07, 6.45) is 12.9. The molecular weight excluding hydrogens is 244 g/mol. The van der Waals surface area contributed by atoms with Gasteiger partial charge in [-0.05, 0) is 70.1 Å². The van der Waals surface area contributed by atoms with Crippen LogP contribution < -0.4 is 5.32 Å². The van der Waals surface area contributed by atoms with Crippen molar-refractivity contribution >= 4 is 0 Å². The van der Waals surface area contributed by atoms with E-state index in [1.807, 2.05) is 0 Å². The quantitative estimate of drug-likeness (QED) is 0.738. The lowest BCUT2D eigenvalue weighted by Crippen LogP contribution is -2.39. The minimum atomic E-state index is 0.820. The zero-order valence-electron chi connectivity index (χ0n) is 13.9. The van der Waals surface area contributed by atoms with Crippen molar-refractivity contribution in [3.63, 3.8) is 0 Å². The molecule has 1 aliphatic carbocycles. The van der Waals surface area contributed by atoms with Crippen molar-refractivity contribution in [2.24, 2.45) is 11.8 Å². The second kappa shape index (κ2) is 9.04. The fraction of sp³-hybridized carbons (Fsp3) is 1.00. The van der Waals surface area contributed by atoms with Crippen LogP contribution in [0, 0.1) is 11.8 Å². The molecule has 0 aromatic heterocycles. The van der Waals surface area contributed by atoms with Crippen molar-refractivity contribution in [3.8, 4) is 0 Å². The molecule has 2 unspecified atom stereocenters. The number of rotatable bonds is 6. The van der Waals surface area contributed by atoms with Crippen LogP contribution in [0.5, 0.6) is 0 Å². The molecule has 1 heterocycles. The van der Waals surface area contributed by atoms with Gasteiger partial charge in [-0.25, -0.2) is 0 Å². The smallest absolute Gasteiger partial charge is 0.00672 e. The second-order valence-electron chi connectivity index (χ2n) is 7.15. The minimum absolute atomic E-state index is 0.820. The average molecular weight is 280 g/mol. The third kappa shape index (κ3) is 5.37. The van der Waals surface area contributed by atoms with Gasteiger partial charge in [-0.15, -0.1) is 0 Å². The molecule has 2 heteroatoms. The minimum Gasteiger partial charge on any atom is -0.314 e. The molecule has 0 aromatic carbocycles. The SMILES string of the molecule is CCCC1CCCC(NCC2CCN(CC)CC2)CC1. The van der Waals surface area contributed by atoms with Crippen LogP contribution in [0.2, 0.25) is 0 Å². The summed E-state index contributed by atoms with van der Waals surface area (Å²) in [5, 5.41) is 3.91. The first-order chi connectivity index (χ1) is 9.81. The molecular formula is C18H36N2. The number of piperidine rings is 1. The normalized spacial score (nSPS) is 30.3. The van der Waals surface area contributed by atoms with Gasteiger partial charge in [0.1, 0.15) is 0 Å². The van der Waals surface area contributed by atoms with Crippen molar-refractivity contribution in [1.29, 1.82) is 0 Å². The highest BCUT2D eigenvalue weighted by Crippen LogP contribution is 2.27. The molecule has 1 N–H and O–H groups in total. The molecule has 1 aliphatic heterocycles. The van der Waals surface area contributed by atoms with Gasteiger partial charge in [0.15, 0.2) is 0 Å². The third-order valence-electron chi connectivity index (χ3n) is 5.63. The summed E-state index contributed by atoms with van der Waals surface area (Å²) in [5.41, 5.74) is 0. The van der Waals surface area contributed by atoms with Crippen molar-refractivity contribution in [1.82, 2.24) is 10.2 Å². The molecule has 1 saturated heterocycles. The van der Waals surface area contributed by atoms with Crippen LogP contribution in [0.1, 0.15) is 71.6 Å². The molecule has 2 rings (SSSR count). The van der Waals surface area contributed by atoms with E-state index < -0.39 is 0 Å². The Hall–Kier alpha value is -0.0800. The van der Waals surface area contributed by atoms with Crippen LogP contribution in [0.3, 0.4) is 0 Å². The number of hydrogen-bond donors (Lipinski definition) is 1. The Kier molecular flexibility index (Phi) is 7.37. The topological polar surface area (TPSA) is 15.3 Å². The van der Waals surface area contributed by atoms with Crippen LogP contribution in [-0.4, -0.2) is 37.1 Å². The van der Waals surface area contributed by atoms with Crippen LogP contribution in [-0.2, 0) is 0 Å². The molecule has 118 valence electrons. The maximum Gasteiger partial charge on any atom is 0.00672 e. The van der Waals surface area contributed by atoms with Crippen molar-refractivity contribution < 1.29 is 0 Å². The monoisotopic (exact) mass is 280 g/mol. The maximum absolute atomic E-state index is 3.91. The fourth-order valence-corrected chi connectivity index (χ4v) is 4.12. The average Bonchev–Trinajstić information content (AvgIpc) is 2.71. The fourth-order valence-electron chi connectivity index (χ4n) is 4.12. The standard InChI is InChI=1S/C18H36N2/c1-3-6-16-7-5-8-18(10-9-16)19-15-17-11-13-20(4-2)14-12-17/h16-19H,3-15H2,1-2H3. The first-order valence-electron chi connectivity index (χ1n) is 9.27. The largest absolute Gasteiger partial charge is 0.314 e. The molecule has 0 spiro atoms. The Morgan fingerprint density at radius 1 is 0.900 bits per heavy atom. The van der Waals surface area contributed by atoms with Gasteiger partial charge in [0.05, 0.1) is 0 Å². The maximum atomic E-state index is 3.91. The van der Waals surface area contributed by atoms with E-state index in [0.29, 0.717) is 0 Å². The molecule has 0 amide bonds. The number of nitrogens with one attached hydrogen (secondary N) is 1. The Morgan fingerprint density at radius 2 is 1.70 bits per heavy atom. The van der Waals surface area contributed by atoms with E-state index in [1.165, 1.54) is 84.0 Å². The first-order valence-corrected chi connectivity index (χ1v) is 9.27. The molecule has 0 bridgehead atoms. The predicted octanol–water partition coefficient (Wildman–Crippen LogP) is 4.06. The van der Waals surface area contributed by atoms with E-state index in [2.05, 4.69) is 24.1 Å². The predicted molar refractivity (Wildman–Crippen MR) is 88.1 cm³/mol. The zero-order chi connectivity index (χ0) is 14.2. The summed E-state index contributed by atoms with van der Waals surface area (Å²) in [7, 11) is 0. The van der Waals surface area contributed by atoms with E-state index in [4.69, 9.17) is 0 Å². The number of nitrogens with zero attached hydrogens (tertiary/aromatic N) is 1. The van der Waals surface area contributed by atoms with E-state index in [9.17, 15) is 0 Å². The van der Waals surface area contributed by atoms with Gasteiger partial charge in [-0.1, -0.05) is 39.5 Å². The molecule has 2 fully saturated rings. The highest BCUT2D eigenvalue weighted by atomic mass is 15.1. The van der Waals surface area contributed by atoms with E-state index in [1.54, 1.807) is 0 Å². The van der Waals surface area contributed by atoms with Gasteiger partial charge in [-0.3, -0.25) is 0 Å². The Bertz CT molecular complexity index is 246. The lowest BCUT2D eigenvalue weighted by Gasteiger charge is -2.32. The zero-order valence-corrected chi connectivity index (χ0v) is 13.9. The summed E-state index contributed by atoms with van der Waals surface area (Å²) in [4.78, 5) is 2.59. The van der Waals surface area contributed by atoms with Crippen molar-refractivity contribution in [2.45, 2.75) is 77.7 Å². The van der Waals surface area contributed by atoms with Gasteiger partial charge in [-0.2, -0.15) is 0 Å². The van der Waals surface area contributed by atoms with Crippen LogP contribution in [0.4, 0.5) is 0 Å². The van der Waals surface area contributed by atoms with Gasteiger partial charge in [0.25, 0.3) is 0 Å². The van der Waals surface area contributed by atoms with Crippen LogP contribution in [0.15, 0.2) is 0 Å². The van der Waals surface area contributed by atoms with Gasteiger partial charge < -0.3 is 10.2 Å². The molecule has 2 aliphatic rings. The third-order valence-corrected chi connectivity index (χ3v) is 5.63. The molecule has 1 saturated carbocycles. The summed E-state index contributed by atoms with van der Waals surface area (Å²) in [6.45, 7) is 9.79. The lowest BCUT2D eigenvalue weighted by atomic mass is 9.95. The van der Waals surface area contributed by atoms with E-state index in [-0.39, 0.29) is 0 Å². The molecule has 2 nitrogen and oxygen atoms in total. The Labute approximate surface area is 126 Å². The Morgan fingerprint density at radius 3 is 2.40 bits per heavy atom. The van der Waals surface area contributed by atoms with Gasteiger partial charge in [0, 0.05) is 6.04 Å². The molecule has 0 aromatic rings. The first kappa shape index (κ1) is 16.3. The summed E-state index contributed by atoms with van der Waals surface area (Å²) >= 11 is 0.